The van der Waals surface area contributed by atoms with Gasteiger partial charge in [-0.15, -0.1) is 0 Å². The molecule has 6 heteroatoms. The molecule has 0 N–H and O–H groups in total. The van der Waals surface area contributed by atoms with E-state index in [2.05, 4.69) is 39.6 Å². The smallest absolute Gasteiger partial charge is 0.269 e. The molecule has 0 unspecified atom stereocenters. The van der Waals surface area contributed by atoms with E-state index in [1.165, 1.54) is 36.3 Å². The van der Waals surface area contributed by atoms with Gasteiger partial charge in [0, 0.05) is 24.1 Å². The van der Waals surface area contributed by atoms with E-state index in [9.17, 15) is 10.1 Å². The minimum Gasteiger partial charge on any atom is -1.00 e. The van der Waals surface area contributed by atoms with Crippen molar-refractivity contribution in [3.05, 3.63) is 82.3 Å². The van der Waals surface area contributed by atoms with E-state index in [1.807, 2.05) is 18.2 Å². The van der Waals surface area contributed by atoms with Crippen molar-refractivity contribution in [3.63, 3.8) is 0 Å². The van der Waals surface area contributed by atoms with Gasteiger partial charge in [0.1, 0.15) is 12.7 Å². The second kappa shape index (κ2) is 8.48. The van der Waals surface area contributed by atoms with E-state index < -0.39 is 0 Å². The van der Waals surface area contributed by atoms with E-state index in [1.54, 1.807) is 12.1 Å². The average Bonchev–Trinajstić information content (AvgIpc) is 2.84. The van der Waals surface area contributed by atoms with Crippen LogP contribution in [0.3, 0.4) is 0 Å². The first-order chi connectivity index (χ1) is 12.7. The van der Waals surface area contributed by atoms with E-state index in [0.29, 0.717) is 0 Å². The van der Waals surface area contributed by atoms with Gasteiger partial charge in [0.15, 0.2) is 5.69 Å². The monoisotopic (exact) mass is 427 g/mol. The van der Waals surface area contributed by atoms with Gasteiger partial charge in [0.2, 0.25) is 0 Å². The largest absolute Gasteiger partial charge is 1.00 e. The summed E-state index contributed by atoms with van der Waals surface area (Å²) in [6.07, 6.45) is 6.97. The number of benzene rings is 2. The van der Waals surface area contributed by atoms with Gasteiger partial charge < -0.3 is 17.0 Å². The number of halogens is 1. The first kappa shape index (κ1) is 19.3. The lowest BCUT2D eigenvalue weighted by Crippen LogP contribution is -3.00. The molecule has 1 aliphatic rings. The minimum atomic E-state index is -0.352. The second-order valence-corrected chi connectivity index (χ2v) is 6.81. The summed E-state index contributed by atoms with van der Waals surface area (Å²) >= 11 is 0. The Labute approximate surface area is 169 Å². The lowest BCUT2D eigenvalue weighted by molar-refractivity contribution is -0.695. The summed E-state index contributed by atoms with van der Waals surface area (Å²) in [5.41, 5.74) is 3.71. The van der Waals surface area contributed by atoms with E-state index in [-0.39, 0.29) is 27.6 Å². The zero-order chi connectivity index (χ0) is 17.9. The molecule has 1 aliphatic heterocycles. The average molecular weight is 428 g/mol. The van der Waals surface area contributed by atoms with Crippen LogP contribution in [0.2, 0.25) is 0 Å². The molecule has 5 nitrogen and oxygen atoms in total. The predicted molar refractivity (Wildman–Crippen MR) is 99.8 cm³/mol. The summed E-state index contributed by atoms with van der Waals surface area (Å²) in [6.45, 7) is 1.78. The fourth-order valence-electron chi connectivity index (χ4n) is 3.74. The molecule has 2 aromatic carbocycles. The third kappa shape index (κ3) is 4.11. The first-order valence-electron chi connectivity index (χ1n) is 9.13. The summed E-state index contributed by atoms with van der Waals surface area (Å²) in [5.74, 6) is 1.35. The number of aromatic nitrogens is 2. The SMILES string of the molecule is O=[N+]([O-])c1ccc(C[n+]2cc(-c3ccccc3)n3c2CCCCC3)cc1.[Br-]. The highest BCUT2D eigenvalue weighted by Crippen LogP contribution is 2.24. The Morgan fingerprint density at radius 1 is 1.00 bits per heavy atom. The maximum atomic E-state index is 10.9. The third-order valence-corrected chi connectivity index (χ3v) is 5.06. The van der Waals surface area contributed by atoms with Crippen molar-refractivity contribution >= 4 is 5.69 Å². The Bertz CT molecular complexity index is 921. The molecule has 0 amide bonds. The Morgan fingerprint density at radius 3 is 2.44 bits per heavy atom. The van der Waals surface area contributed by atoms with Crippen molar-refractivity contribution in [1.29, 1.82) is 0 Å². The highest BCUT2D eigenvalue weighted by Gasteiger charge is 2.25. The molecule has 0 fully saturated rings. The van der Waals surface area contributed by atoms with Crippen molar-refractivity contribution in [2.75, 3.05) is 0 Å². The van der Waals surface area contributed by atoms with Crippen molar-refractivity contribution < 1.29 is 26.5 Å². The van der Waals surface area contributed by atoms with Crippen LogP contribution in [0.1, 0.15) is 30.7 Å². The number of fused-ring (bicyclic) bond motifs is 1. The zero-order valence-corrected chi connectivity index (χ0v) is 16.6. The normalized spacial score (nSPS) is 13.3. The molecule has 0 atom stereocenters. The molecule has 4 rings (SSSR count). The van der Waals surface area contributed by atoms with Crippen molar-refractivity contribution in [1.82, 2.24) is 4.57 Å². The van der Waals surface area contributed by atoms with Gasteiger partial charge in [-0.2, -0.15) is 0 Å². The van der Waals surface area contributed by atoms with Crippen LogP contribution in [0, 0.1) is 10.1 Å². The molecule has 2 heterocycles. The van der Waals surface area contributed by atoms with Crippen LogP contribution in [-0.2, 0) is 19.5 Å². The number of hydrogen-bond donors (Lipinski definition) is 0. The highest BCUT2D eigenvalue weighted by molar-refractivity contribution is 5.58. The van der Waals surface area contributed by atoms with Crippen LogP contribution >= 0.6 is 0 Å². The topological polar surface area (TPSA) is 52.0 Å². The summed E-state index contributed by atoms with van der Waals surface area (Å²) in [4.78, 5) is 10.5. The Balaban J connectivity index is 0.00000210. The van der Waals surface area contributed by atoms with Gasteiger partial charge >= 0.3 is 0 Å². The van der Waals surface area contributed by atoms with Gasteiger partial charge in [-0.25, -0.2) is 9.13 Å². The molecular weight excluding hydrogens is 406 g/mol. The molecule has 0 aliphatic carbocycles. The standard InChI is InChI=1S/C21H22N3O2.BrH/c25-24(26)19-12-10-17(11-13-19)15-22-16-20(18-7-3-1-4-8-18)23-14-6-2-5-9-21(22)23;/h1,3-4,7-8,10-13,16H,2,5-6,9,14-15H2;1H/q+1;/p-1. The first-order valence-corrected chi connectivity index (χ1v) is 9.13. The van der Waals surface area contributed by atoms with Crippen molar-refractivity contribution in [3.8, 4) is 11.3 Å². The Morgan fingerprint density at radius 2 is 1.74 bits per heavy atom. The van der Waals surface area contributed by atoms with Gasteiger partial charge in [-0.1, -0.05) is 30.3 Å². The van der Waals surface area contributed by atoms with Crippen molar-refractivity contribution in [2.24, 2.45) is 0 Å². The number of rotatable bonds is 4. The van der Waals surface area contributed by atoms with E-state index >= 15 is 0 Å². The second-order valence-electron chi connectivity index (χ2n) is 6.81. The van der Waals surface area contributed by atoms with Crippen LogP contribution in [0.25, 0.3) is 11.3 Å². The maximum Gasteiger partial charge on any atom is 0.269 e. The molecule has 0 bridgehead atoms. The molecule has 1 aromatic heterocycles. The fraction of sp³-hybridized carbons (Fsp3) is 0.286. The Kier molecular flexibility index (Phi) is 6.06. The minimum absolute atomic E-state index is 0. The lowest BCUT2D eigenvalue weighted by atomic mass is 10.1. The van der Waals surface area contributed by atoms with Gasteiger partial charge in [-0.3, -0.25) is 10.1 Å². The van der Waals surface area contributed by atoms with Crippen LogP contribution in [0.15, 0.2) is 60.8 Å². The molecule has 3 aromatic rings. The molecule has 0 radical (unpaired) electrons. The zero-order valence-electron chi connectivity index (χ0n) is 15.1. The van der Waals surface area contributed by atoms with Crippen LogP contribution in [0.5, 0.6) is 0 Å². The summed E-state index contributed by atoms with van der Waals surface area (Å²) < 4.78 is 4.77. The van der Waals surface area contributed by atoms with Gasteiger partial charge in [0.25, 0.3) is 11.5 Å². The van der Waals surface area contributed by atoms with Gasteiger partial charge in [-0.05, 0) is 37.0 Å². The third-order valence-electron chi connectivity index (χ3n) is 5.06. The molecular formula is C21H22BrN3O2. The van der Waals surface area contributed by atoms with Crippen LogP contribution in [0.4, 0.5) is 5.69 Å². The van der Waals surface area contributed by atoms with E-state index in [4.69, 9.17) is 0 Å². The predicted octanol–water partition coefficient (Wildman–Crippen LogP) is 1.13. The molecule has 0 saturated carbocycles. The van der Waals surface area contributed by atoms with Crippen molar-refractivity contribution in [2.45, 2.75) is 38.8 Å². The number of imidazole rings is 1. The fourth-order valence-corrected chi connectivity index (χ4v) is 3.74. The maximum absolute atomic E-state index is 10.9. The number of nitro groups is 1. The quantitative estimate of drug-likeness (QED) is 0.356. The molecule has 140 valence electrons. The van der Waals surface area contributed by atoms with Gasteiger partial charge in [0.05, 0.1) is 11.5 Å². The molecule has 0 spiro atoms. The summed E-state index contributed by atoms with van der Waals surface area (Å²) in [7, 11) is 0. The number of nitrogens with zero attached hydrogens (tertiary/aromatic N) is 3. The summed E-state index contributed by atoms with van der Waals surface area (Å²) in [6, 6.07) is 17.4. The number of hydrogen-bond acceptors (Lipinski definition) is 2. The highest BCUT2D eigenvalue weighted by atomic mass is 79.9. The summed E-state index contributed by atoms with van der Waals surface area (Å²) in [5, 5.41) is 10.9. The van der Waals surface area contributed by atoms with Crippen LogP contribution < -0.4 is 21.5 Å². The van der Waals surface area contributed by atoms with Crippen LogP contribution in [-0.4, -0.2) is 9.49 Å². The number of nitro benzene ring substituents is 1. The Hall–Kier alpha value is -2.47. The number of non-ortho nitro benzene ring substituents is 1. The molecule has 27 heavy (non-hydrogen) atoms. The lowest BCUT2D eigenvalue weighted by Gasteiger charge is -2.03. The van der Waals surface area contributed by atoms with E-state index in [0.717, 1.165) is 25.1 Å². The molecule has 0 saturated heterocycles.